The first-order valence-corrected chi connectivity index (χ1v) is 7.56. The number of amides is 1. The molecule has 2 rings (SSSR count). The summed E-state index contributed by atoms with van der Waals surface area (Å²) in [7, 11) is 0. The van der Waals surface area contributed by atoms with Crippen molar-refractivity contribution in [2.24, 2.45) is 0 Å². The number of hydrogen-bond acceptors (Lipinski definition) is 6. The molecule has 0 spiro atoms. The minimum atomic E-state index is -0.203. The Kier molecular flexibility index (Phi) is 4.82. The highest BCUT2D eigenvalue weighted by molar-refractivity contribution is 7.19. The molecular weight excluding hydrogens is 274 g/mol. The predicted molar refractivity (Wildman–Crippen MR) is 81.2 cm³/mol. The van der Waals surface area contributed by atoms with E-state index in [1.54, 1.807) is 0 Å². The van der Waals surface area contributed by atoms with Crippen molar-refractivity contribution in [1.82, 2.24) is 10.6 Å². The lowest BCUT2D eigenvalue weighted by Crippen LogP contribution is -2.27. The minimum Gasteiger partial charge on any atom is -0.396 e. The van der Waals surface area contributed by atoms with Crippen molar-refractivity contribution >= 4 is 27.9 Å². The van der Waals surface area contributed by atoms with Crippen LogP contribution < -0.4 is 21.3 Å². The van der Waals surface area contributed by atoms with E-state index >= 15 is 0 Å². The maximum Gasteiger partial charge on any atom is 0.263 e. The fourth-order valence-corrected chi connectivity index (χ4v) is 3.36. The molecule has 1 saturated heterocycles. The monoisotopic (exact) mass is 293 g/mol. The molecule has 0 bridgehead atoms. The molecule has 0 aliphatic carbocycles. The number of hydrogen-bond donors (Lipinski definition) is 3. The van der Waals surface area contributed by atoms with Gasteiger partial charge in [0.1, 0.15) is 21.5 Å². The van der Waals surface area contributed by atoms with E-state index < -0.39 is 0 Å². The molecule has 0 atom stereocenters. The number of nitrogens with one attached hydrogen (secondary N) is 2. The minimum absolute atomic E-state index is 0.203. The molecule has 2 heterocycles. The Balaban J connectivity index is 2.35. The first kappa shape index (κ1) is 14.6. The zero-order valence-corrected chi connectivity index (χ0v) is 12.3. The molecule has 1 fully saturated rings. The molecule has 7 heteroatoms. The van der Waals surface area contributed by atoms with Gasteiger partial charge in [-0.05, 0) is 19.9 Å². The summed E-state index contributed by atoms with van der Waals surface area (Å²) in [5, 5.41) is 16.2. The zero-order chi connectivity index (χ0) is 14.5. The largest absolute Gasteiger partial charge is 0.396 e. The average molecular weight is 293 g/mol. The van der Waals surface area contributed by atoms with Gasteiger partial charge in [0.15, 0.2) is 0 Å². The highest BCUT2D eigenvalue weighted by atomic mass is 32.1. The molecule has 0 unspecified atom stereocenters. The lowest BCUT2D eigenvalue weighted by atomic mass is 10.2. The summed E-state index contributed by atoms with van der Waals surface area (Å²) in [4.78, 5) is 14.6. The number of carbonyl (C=O) groups excluding carboxylic acids is 1. The fraction of sp³-hybridized carbons (Fsp3) is 0.538. The summed E-state index contributed by atoms with van der Waals surface area (Å²) in [6.45, 7) is 5.94. The standard InChI is InChI=1S/C13H19N5OS/c1-2-17-12(19)11-10(15)9(8-14)13(20-11)18-6-3-4-16-5-7-18/h16H,2-7,15H2,1H3,(H,17,19). The molecule has 20 heavy (non-hydrogen) atoms. The van der Waals surface area contributed by atoms with Gasteiger partial charge in [-0.1, -0.05) is 0 Å². The van der Waals surface area contributed by atoms with E-state index in [4.69, 9.17) is 5.73 Å². The molecular formula is C13H19N5OS. The molecule has 0 saturated carbocycles. The average Bonchev–Trinajstić information content (AvgIpc) is 2.63. The van der Waals surface area contributed by atoms with Gasteiger partial charge >= 0.3 is 0 Å². The molecule has 1 aromatic heterocycles. The first-order chi connectivity index (χ1) is 9.69. The topological polar surface area (TPSA) is 94.2 Å². The molecule has 1 aliphatic heterocycles. The Bertz CT molecular complexity index is 526. The third-order valence-electron chi connectivity index (χ3n) is 3.21. The summed E-state index contributed by atoms with van der Waals surface area (Å²) < 4.78 is 0. The van der Waals surface area contributed by atoms with Gasteiger partial charge in [0, 0.05) is 26.2 Å². The van der Waals surface area contributed by atoms with E-state index in [1.807, 2.05) is 6.92 Å². The summed E-state index contributed by atoms with van der Waals surface area (Å²) in [5.74, 6) is -0.203. The number of rotatable bonds is 3. The molecule has 0 radical (unpaired) electrons. The molecule has 4 N–H and O–H groups in total. The van der Waals surface area contributed by atoms with E-state index in [-0.39, 0.29) is 5.91 Å². The lowest BCUT2D eigenvalue weighted by Gasteiger charge is -2.20. The van der Waals surface area contributed by atoms with Gasteiger partial charge in [-0.3, -0.25) is 4.79 Å². The van der Waals surface area contributed by atoms with E-state index in [1.165, 1.54) is 11.3 Å². The van der Waals surface area contributed by atoms with Crippen LogP contribution >= 0.6 is 11.3 Å². The number of anilines is 2. The van der Waals surface area contributed by atoms with Gasteiger partial charge in [-0.15, -0.1) is 11.3 Å². The molecule has 108 valence electrons. The third-order valence-corrected chi connectivity index (χ3v) is 4.47. The third kappa shape index (κ3) is 2.86. The second-order valence-electron chi connectivity index (χ2n) is 4.59. The van der Waals surface area contributed by atoms with Crippen LogP contribution in [0.5, 0.6) is 0 Å². The summed E-state index contributed by atoms with van der Waals surface area (Å²) in [6.07, 6.45) is 1.01. The summed E-state index contributed by atoms with van der Waals surface area (Å²) in [6, 6.07) is 2.14. The van der Waals surface area contributed by atoms with Gasteiger partial charge in [-0.25, -0.2) is 0 Å². The second-order valence-corrected chi connectivity index (χ2v) is 5.59. The SMILES string of the molecule is CCNC(=O)c1sc(N2CCCNCC2)c(C#N)c1N. The van der Waals surface area contributed by atoms with Crippen molar-refractivity contribution in [3.05, 3.63) is 10.4 Å². The van der Waals surface area contributed by atoms with E-state index in [0.717, 1.165) is 37.6 Å². The smallest absolute Gasteiger partial charge is 0.263 e. The zero-order valence-electron chi connectivity index (χ0n) is 11.5. The van der Waals surface area contributed by atoms with Crippen molar-refractivity contribution in [3.8, 4) is 6.07 Å². The number of nitrogen functional groups attached to an aromatic ring is 1. The van der Waals surface area contributed by atoms with Gasteiger partial charge in [-0.2, -0.15) is 5.26 Å². The van der Waals surface area contributed by atoms with Gasteiger partial charge < -0.3 is 21.3 Å². The molecule has 0 aromatic carbocycles. The van der Waals surface area contributed by atoms with Crippen LogP contribution in [-0.2, 0) is 0 Å². The molecule has 1 amide bonds. The second kappa shape index (κ2) is 6.59. The van der Waals surface area contributed by atoms with Gasteiger partial charge in [0.05, 0.1) is 5.69 Å². The summed E-state index contributed by atoms with van der Waals surface area (Å²) >= 11 is 1.31. The Hall–Kier alpha value is -1.78. The van der Waals surface area contributed by atoms with Gasteiger partial charge in [0.2, 0.25) is 0 Å². The Morgan fingerprint density at radius 1 is 1.55 bits per heavy atom. The number of nitrogens with two attached hydrogens (primary N) is 1. The van der Waals surface area contributed by atoms with E-state index in [9.17, 15) is 10.1 Å². The van der Waals surface area contributed by atoms with Crippen molar-refractivity contribution in [1.29, 1.82) is 5.26 Å². The van der Waals surface area contributed by atoms with Crippen LogP contribution in [0.1, 0.15) is 28.6 Å². The Morgan fingerprint density at radius 3 is 3.05 bits per heavy atom. The van der Waals surface area contributed by atoms with Crippen LogP contribution in [0, 0.1) is 11.3 Å². The van der Waals surface area contributed by atoms with Crippen molar-refractivity contribution < 1.29 is 4.79 Å². The maximum absolute atomic E-state index is 12.0. The number of thiophene rings is 1. The lowest BCUT2D eigenvalue weighted by molar-refractivity contribution is 0.0960. The summed E-state index contributed by atoms with van der Waals surface area (Å²) in [5.41, 5.74) is 6.71. The van der Waals surface area contributed by atoms with Gasteiger partial charge in [0.25, 0.3) is 5.91 Å². The predicted octanol–water partition coefficient (Wildman–Crippen LogP) is 0.751. The molecule has 1 aliphatic rings. The van der Waals surface area contributed by atoms with Crippen LogP contribution in [0.25, 0.3) is 0 Å². The van der Waals surface area contributed by atoms with Crippen LogP contribution in [0.3, 0.4) is 0 Å². The Morgan fingerprint density at radius 2 is 2.35 bits per heavy atom. The van der Waals surface area contributed by atoms with E-state index in [0.29, 0.717) is 22.7 Å². The Labute approximate surface area is 122 Å². The highest BCUT2D eigenvalue weighted by Gasteiger charge is 2.24. The molecule has 6 nitrogen and oxygen atoms in total. The van der Waals surface area contributed by atoms with Crippen molar-refractivity contribution in [2.75, 3.05) is 43.4 Å². The van der Waals surface area contributed by atoms with E-state index in [2.05, 4.69) is 21.6 Å². The van der Waals surface area contributed by atoms with Crippen molar-refractivity contribution in [2.45, 2.75) is 13.3 Å². The van der Waals surface area contributed by atoms with Crippen LogP contribution in [-0.4, -0.2) is 38.6 Å². The number of carbonyl (C=O) groups is 1. The normalized spacial score (nSPS) is 15.5. The number of nitrogens with zero attached hydrogens (tertiary/aromatic N) is 2. The van der Waals surface area contributed by atoms with Crippen molar-refractivity contribution in [3.63, 3.8) is 0 Å². The molecule has 1 aromatic rings. The fourth-order valence-electron chi connectivity index (χ4n) is 2.22. The van der Waals surface area contributed by atoms with Crippen LogP contribution in [0.4, 0.5) is 10.7 Å². The quantitative estimate of drug-likeness (QED) is 0.764. The van der Waals surface area contributed by atoms with Crippen LogP contribution in [0.2, 0.25) is 0 Å². The first-order valence-electron chi connectivity index (χ1n) is 6.75. The number of nitriles is 1. The van der Waals surface area contributed by atoms with Crippen LogP contribution in [0.15, 0.2) is 0 Å². The highest BCUT2D eigenvalue weighted by Crippen LogP contribution is 2.37. The maximum atomic E-state index is 12.0.